The molecule has 1 aromatic rings. The summed E-state index contributed by atoms with van der Waals surface area (Å²) in [5, 5.41) is 0. The van der Waals surface area contributed by atoms with Crippen LogP contribution >= 0.6 is 0 Å². The van der Waals surface area contributed by atoms with Crippen molar-refractivity contribution in [2.45, 2.75) is 19.3 Å². The van der Waals surface area contributed by atoms with E-state index >= 15 is 0 Å². The number of hydrogen-bond acceptors (Lipinski definition) is 3. The van der Waals surface area contributed by atoms with Crippen LogP contribution in [0.3, 0.4) is 0 Å². The summed E-state index contributed by atoms with van der Waals surface area (Å²) in [5.41, 5.74) is 0.491. The fourth-order valence-corrected chi connectivity index (χ4v) is 1.70. The summed E-state index contributed by atoms with van der Waals surface area (Å²) in [4.78, 5) is 11.2. The van der Waals surface area contributed by atoms with Gasteiger partial charge in [-0.1, -0.05) is 12.1 Å². The Morgan fingerprint density at radius 2 is 2.29 bits per heavy atom. The van der Waals surface area contributed by atoms with Crippen molar-refractivity contribution in [3.63, 3.8) is 0 Å². The van der Waals surface area contributed by atoms with Gasteiger partial charge in [0.1, 0.15) is 5.75 Å². The molecule has 1 heterocycles. The van der Waals surface area contributed by atoms with Gasteiger partial charge in [-0.15, -0.1) is 0 Å². The molecule has 0 aromatic heterocycles. The number of carbonyl (C=O) groups excluding carboxylic acids is 1. The van der Waals surface area contributed by atoms with Crippen molar-refractivity contribution in [3.8, 4) is 5.75 Å². The van der Waals surface area contributed by atoms with Crippen LogP contribution in [0.2, 0.25) is 0 Å². The standard InChI is InChI=1S/C12H12F2O3/c1-2-16-11(15)12(13,14)9-4-3-8-5-6-17-10(8)7-9/h3-4,7H,2,5-6H2,1H3. The van der Waals surface area contributed by atoms with E-state index in [2.05, 4.69) is 4.74 Å². The summed E-state index contributed by atoms with van der Waals surface area (Å²) in [6.07, 6.45) is 0.709. The molecular formula is C12H12F2O3. The first-order chi connectivity index (χ1) is 8.05. The van der Waals surface area contributed by atoms with Crippen LogP contribution in [0.25, 0.3) is 0 Å². The van der Waals surface area contributed by atoms with Crippen LogP contribution < -0.4 is 4.74 Å². The predicted molar refractivity (Wildman–Crippen MR) is 56.2 cm³/mol. The highest BCUT2D eigenvalue weighted by Crippen LogP contribution is 2.35. The minimum absolute atomic E-state index is 0.0735. The number of carbonyl (C=O) groups is 1. The maximum atomic E-state index is 13.7. The maximum absolute atomic E-state index is 13.7. The zero-order chi connectivity index (χ0) is 12.5. The number of ether oxygens (including phenoxy) is 2. The van der Waals surface area contributed by atoms with Crippen LogP contribution in [0.4, 0.5) is 8.78 Å². The summed E-state index contributed by atoms with van der Waals surface area (Å²) in [5.74, 6) is -4.74. The lowest BCUT2D eigenvalue weighted by molar-refractivity contribution is -0.173. The molecule has 0 aliphatic carbocycles. The van der Waals surface area contributed by atoms with Crippen molar-refractivity contribution < 1.29 is 23.0 Å². The molecule has 0 saturated heterocycles. The van der Waals surface area contributed by atoms with Gasteiger partial charge in [-0.2, -0.15) is 8.78 Å². The molecule has 1 aliphatic rings. The number of halogens is 2. The van der Waals surface area contributed by atoms with Crippen molar-refractivity contribution in [1.29, 1.82) is 0 Å². The fraction of sp³-hybridized carbons (Fsp3) is 0.417. The normalized spacial score (nSPS) is 14.1. The number of benzene rings is 1. The molecule has 0 bridgehead atoms. The molecule has 2 rings (SSSR count). The predicted octanol–water partition coefficient (Wildman–Crippen LogP) is 2.28. The second-order valence-corrected chi connectivity index (χ2v) is 3.72. The molecule has 0 spiro atoms. The summed E-state index contributed by atoms with van der Waals surface area (Å²) in [6.45, 7) is 1.90. The third-order valence-electron chi connectivity index (χ3n) is 2.59. The second kappa shape index (κ2) is 4.31. The van der Waals surface area contributed by atoms with Gasteiger partial charge in [0.05, 0.1) is 13.2 Å². The van der Waals surface area contributed by atoms with Gasteiger partial charge in [0.2, 0.25) is 0 Å². The van der Waals surface area contributed by atoms with Crippen molar-refractivity contribution in [2.75, 3.05) is 13.2 Å². The highest BCUT2D eigenvalue weighted by Gasteiger charge is 2.43. The third-order valence-corrected chi connectivity index (χ3v) is 2.59. The van der Waals surface area contributed by atoms with Gasteiger partial charge in [0, 0.05) is 12.0 Å². The average Bonchev–Trinajstić information content (AvgIpc) is 2.76. The molecule has 0 saturated carbocycles. The first-order valence-corrected chi connectivity index (χ1v) is 5.37. The average molecular weight is 242 g/mol. The van der Waals surface area contributed by atoms with Crippen molar-refractivity contribution in [1.82, 2.24) is 0 Å². The molecule has 0 radical (unpaired) electrons. The number of rotatable bonds is 3. The van der Waals surface area contributed by atoms with Crippen molar-refractivity contribution >= 4 is 5.97 Å². The zero-order valence-electron chi connectivity index (χ0n) is 9.33. The minimum Gasteiger partial charge on any atom is -0.493 e. The lowest BCUT2D eigenvalue weighted by Gasteiger charge is -2.15. The molecule has 0 atom stereocenters. The fourth-order valence-electron chi connectivity index (χ4n) is 1.70. The quantitative estimate of drug-likeness (QED) is 0.763. The van der Waals surface area contributed by atoms with E-state index in [-0.39, 0.29) is 6.61 Å². The molecule has 1 aliphatic heterocycles. The Hall–Kier alpha value is -1.65. The molecule has 0 fully saturated rings. The Kier molecular flexibility index (Phi) is 3.00. The Labute approximate surface area is 97.3 Å². The van der Waals surface area contributed by atoms with E-state index in [1.54, 1.807) is 6.07 Å². The SMILES string of the molecule is CCOC(=O)C(F)(F)c1ccc2c(c1)OCC2. The number of esters is 1. The van der Waals surface area contributed by atoms with Gasteiger partial charge in [0.15, 0.2) is 0 Å². The lowest BCUT2D eigenvalue weighted by Crippen LogP contribution is -2.28. The molecule has 0 N–H and O–H groups in total. The molecular weight excluding hydrogens is 230 g/mol. The summed E-state index contributed by atoms with van der Waals surface area (Å²) < 4.78 is 36.9. The van der Waals surface area contributed by atoms with E-state index in [1.807, 2.05) is 0 Å². The van der Waals surface area contributed by atoms with E-state index in [0.29, 0.717) is 18.8 Å². The summed E-state index contributed by atoms with van der Waals surface area (Å²) >= 11 is 0. The highest BCUT2D eigenvalue weighted by atomic mass is 19.3. The molecule has 0 unspecified atom stereocenters. The van der Waals surface area contributed by atoms with Gasteiger partial charge in [-0.05, 0) is 18.6 Å². The van der Waals surface area contributed by atoms with Gasteiger partial charge in [-0.3, -0.25) is 0 Å². The highest BCUT2D eigenvalue weighted by molar-refractivity contribution is 5.79. The number of alkyl halides is 2. The van der Waals surface area contributed by atoms with Crippen LogP contribution in [-0.4, -0.2) is 19.2 Å². The summed E-state index contributed by atoms with van der Waals surface area (Å²) in [7, 11) is 0. The largest absolute Gasteiger partial charge is 0.493 e. The van der Waals surface area contributed by atoms with Crippen LogP contribution in [0.1, 0.15) is 18.1 Å². The topological polar surface area (TPSA) is 35.5 Å². The molecule has 3 nitrogen and oxygen atoms in total. The van der Waals surface area contributed by atoms with E-state index in [1.165, 1.54) is 19.1 Å². The minimum atomic E-state index is -3.63. The Bertz CT molecular complexity index is 443. The van der Waals surface area contributed by atoms with Crippen LogP contribution in [0, 0.1) is 0 Å². The zero-order valence-corrected chi connectivity index (χ0v) is 9.33. The summed E-state index contributed by atoms with van der Waals surface area (Å²) in [6, 6.07) is 4.01. The van der Waals surface area contributed by atoms with Crippen LogP contribution in [0.15, 0.2) is 18.2 Å². The van der Waals surface area contributed by atoms with Crippen LogP contribution in [-0.2, 0) is 21.9 Å². The van der Waals surface area contributed by atoms with Gasteiger partial charge < -0.3 is 9.47 Å². The number of fused-ring (bicyclic) bond motifs is 1. The Morgan fingerprint density at radius 1 is 1.53 bits per heavy atom. The molecule has 17 heavy (non-hydrogen) atoms. The van der Waals surface area contributed by atoms with Crippen molar-refractivity contribution in [3.05, 3.63) is 29.3 Å². The Balaban J connectivity index is 2.30. The van der Waals surface area contributed by atoms with E-state index in [4.69, 9.17) is 4.74 Å². The van der Waals surface area contributed by atoms with E-state index < -0.39 is 17.5 Å². The van der Waals surface area contributed by atoms with Gasteiger partial charge >= 0.3 is 11.9 Å². The first kappa shape index (κ1) is 11.8. The van der Waals surface area contributed by atoms with Crippen LogP contribution in [0.5, 0.6) is 5.75 Å². The monoisotopic (exact) mass is 242 g/mol. The molecule has 1 aromatic carbocycles. The lowest BCUT2D eigenvalue weighted by atomic mass is 10.0. The van der Waals surface area contributed by atoms with E-state index in [0.717, 1.165) is 5.56 Å². The molecule has 92 valence electrons. The first-order valence-electron chi connectivity index (χ1n) is 5.37. The maximum Gasteiger partial charge on any atom is 0.381 e. The smallest absolute Gasteiger partial charge is 0.381 e. The number of hydrogen-bond donors (Lipinski definition) is 0. The Morgan fingerprint density at radius 3 is 3.00 bits per heavy atom. The molecule has 0 amide bonds. The van der Waals surface area contributed by atoms with E-state index in [9.17, 15) is 13.6 Å². The molecule has 5 heteroatoms. The second-order valence-electron chi connectivity index (χ2n) is 3.72. The van der Waals surface area contributed by atoms with Gasteiger partial charge in [0.25, 0.3) is 0 Å². The van der Waals surface area contributed by atoms with Crippen molar-refractivity contribution in [2.24, 2.45) is 0 Å². The third kappa shape index (κ3) is 2.09. The van der Waals surface area contributed by atoms with Gasteiger partial charge in [-0.25, -0.2) is 4.79 Å².